The molecule has 0 unspecified atom stereocenters. The van der Waals surface area contributed by atoms with E-state index in [1.807, 2.05) is 0 Å². The Morgan fingerprint density at radius 1 is 1.39 bits per heavy atom. The summed E-state index contributed by atoms with van der Waals surface area (Å²) in [5.41, 5.74) is 5.09. The minimum Gasteiger partial charge on any atom is -0.383 e. The van der Waals surface area contributed by atoms with E-state index >= 15 is 0 Å². The zero-order valence-corrected chi connectivity index (χ0v) is 10.3. The molecule has 5 N–H and O–H groups in total. The lowest BCUT2D eigenvalue weighted by Gasteiger charge is -2.07. The van der Waals surface area contributed by atoms with Gasteiger partial charge in [-0.1, -0.05) is 0 Å². The lowest BCUT2D eigenvalue weighted by molar-refractivity contribution is -0.118. The number of nitrogens with two attached hydrogens (primary N) is 2. The van der Waals surface area contributed by atoms with Gasteiger partial charge in [0.2, 0.25) is 15.9 Å². The number of hydrogen-bond donors (Lipinski definition) is 3. The molecule has 0 spiro atoms. The van der Waals surface area contributed by atoms with Crippen LogP contribution >= 0.6 is 0 Å². The van der Waals surface area contributed by atoms with E-state index in [1.165, 1.54) is 12.1 Å². The van der Waals surface area contributed by atoms with E-state index in [0.29, 0.717) is 13.0 Å². The van der Waals surface area contributed by atoms with Gasteiger partial charge in [0.1, 0.15) is 5.82 Å². The average Bonchev–Trinajstić information content (AvgIpc) is 2.24. The fourth-order valence-electron chi connectivity index (χ4n) is 1.30. The number of halogens is 1. The summed E-state index contributed by atoms with van der Waals surface area (Å²) in [5, 5.41) is 7.59. The van der Waals surface area contributed by atoms with Gasteiger partial charge in [0.25, 0.3) is 0 Å². The van der Waals surface area contributed by atoms with E-state index in [-0.39, 0.29) is 17.0 Å². The summed E-state index contributed by atoms with van der Waals surface area (Å²) in [4.78, 5) is 10.2. The molecule has 1 amide bonds. The molecule has 0 aliphatic heterocycles. The quantitative estimate of drug-likeness (QED) is 0.641. The molecule has 0 heterocycles. The van der Waals surface area contributed by atoms with E-state index < -0.39 is 21.7 Å². The summed E-state index contributed by atoms with van der Waals surface area (Å²) in [5.74, 6) is -1.15. The highest BCUT2D eigenvalue weighted by molar-refractivity contribution is 7.89. The molecule has 0 saturated heterocycles. The van der Waals surface area contributed by atoms with Crippen LogP contribution in [0.15, 0.2) is 23.1 Å². The molecule has 0 aliphatic rings. The Hall–Kier alpha value is -1.67. The van der Waals surface area contributed by atoms with E-state index in [2.05, 4.69) is 5.32 Å². The minimum absolute atomic E-state index is 0.145. The van der Waals surface area contributed by atoms with Crippen molar-refractivity contribution in [2.24, 2.45) is 10.9 Å². The zero-order valence-electron chi connectivity index (χ0n) is 9.52. The molecule has 0 aromatic heterocycles. The Morgan fingerprint density at radius 3 is 2.56 bits per heavy atom. The molecule has 1 rings (SSSR count). The fraction of sp³-hybridized carbons (Fsp3) is 0.300. The summed E-state index contributed by atoms with van der Waals surface area (Å²) in [6.07, 6.45) is 0.662. The van der Waals surface area contributed by atoms with Crippen LogP contribution in [0.2, 0.25) is 0 Å². The highest BCUT2D eigenvalue weighted by Gasteiger charge is 2.11. The lowest BCUT2D eigenvalue weighted by Crippen LogP contribution is -2.14. The Labute approximate surface area is 104 Å². The Bertz CT molecular complexity index is 545. The molecule has 0 bridgehead atoms. The van der Waals surface area contributed by atoms with Gasteiger partial charge < -0.3 is 11.1 Å². The van der Waals surface area contributed by atoms with E-state index in [0.717, 1.165) is 6.07 Å². The highest BCUT2D eigenvalue weighted by atomic mass is 32.2. The van der Waals surface area contributed by atoms with Gasteiger partial charge in [-0.05, 0) is 24.6 Å². The average molecular weight is 275 g/mol. The fourth-order valence-corrected chi connectivity index (χ4v) is 1.83. The Kier molecular flexibility index (Phi) is 4.62. The van der Waals surface area contributed by atoms with Crippen molar-refractivity contribution in [3.05, 3.63) is 24.0 Å². The van der Waals surface area contributed by atoms with Gasteiger partial charge in [-0.2, -0.15) is 0 Å². The number of anilines is 1. The number of sulfonamides is 1. The summed E-state index contributed by atoms with van der Waals surface area (Å²) < 4.78 is 35.4. The maximum absolute atomic E-state index is 13.5. The molecule has 0 saturated carbocycles. The Morgan fingerprint density at radius 2 is 2.06 bits per heavy atom. The molecule has 18 heavy (non-hydrogen) atoms. The predicted octanol–water partition coefficient (Wildman–Crippen LogP) is 0.150. The molecular formula is C10H14FN3O3S. The number of rotatable bonds is 6. The number of hydrogen-bond acceptors (Lipinski definition) is 4. The van der Waals surface area contributed by atoms with Crippen molar-refractivity contribution in [1.82, 2.24) is 0 Å². The SMILES string of the molecule is NC(=O)CCCNc1ccc(S(N)(=O)=O)cc1F. The second-order valence-electron chi connectivity index (χ2n) is 3.68. The number of amides is 1. The smallest absolute Gasteiger partial charge is 0.238 e. The molecule has 0 atom stereocenters. The molecule has 6 nitrogen and oxygen atoms in total. The van der Waals surface area contributed by atoms with Crippen LogP contribution in [0.1, 0.15) is 12.8 Å². The monoisotopic (exact) mass is 275 g/mol. The van der Waals surface area contributed by atoms with E-state index in [9.17, 15) is 17.6 Å². The first kappa shape index (κ1) is 14.4. The molecular weight excluding hydrogens is 261 g/mol. The first-order valence-corrected chi connectivity index (χ1v) is 6.70. The van der Waals surface area contributed by atoms with E-state index in [4.69, 9.17) is 10.9 Å². The predicted molar refractivity (Wildman–Crippen MR) is 64.7 cm³/mol. The second-order valence-corrected chi connectivity index (χ2v) is 5.24. The van der Waals surface area contributed by atoms with Crippen LogP contribution in [0.5, 0.6) is 0 Å². The van der Waals surface area contributed by atoms with Crippen LogP contribution in [-0.4, -0.2) is 20.9 Å². The van der Waals surface area contributed by atoms with Gasteiger partial charge in [0, 0.05) is 13.0 Å². The first-order valence-electron chi connectivity index (χ1n) is 5.15. The van der Waals surface area contributed by atoms with Crippen LogP contribution in [0, 0.1) is 5.82 Å². The third-order valence-corrected chi connectivity index (χ3v) is 3.10. The third-order valence-electron chi connectivity index (χ3n) is 2.18. The van der Waals surface area contributed by atoms with Crippen molar-refractivity contribution in [3.63, 3.8) is 0 Å². The molecule has 1 aromatic carbocycles. The van der Waals surface area contributed by atoms with Crippen molar-refractivity contribution in [1.29, 1.82) is 0 Å². The third kappa shape index (κ3) is 4.30. The topological polar surface area (TPSA) is 115 Å². The molecule has 100 valence electrons. The van der Waals surface area contributed by atoms with Gasteiger partial charge in [0.05, 0.1) is 10.6 Å². The van der Waals surface area contributed by atoms with Crippen molar-refractivity contribution in [2.75, 3.05) is 11.9 Å². The molecule has 0 aliphatic carbocycles. The molecule has 0 fully saturated rings. The number of carbonyl (C=O) groups excluding carboxylic acids is 1. The number of benzene rings is 1. The summed E-state index contributed by atoms with van der Waals surface area (Å²) >= 11 is 0. The first-order chi connectivity index (χ1) is 8.30. The number of primary amides is 1. The zero-order chi connectivity index (χ0) is 13.8. The normalized spacial score (nSPS) is 11.2. The van der Waals surface area contributed by atoms with Crippen LogP contribution in [0.25, 0.3) is 0 Å². The summed E-state index contributed by atoms with van der Waals surface area (Å²) in [6, 6.07) is 3.32. The summed E-state index contributed by atoms with van der Waals surface area (Å²) in [6.45, 7) is 0.356. The lowest BCUT2D eigenvalue weighted by atomic mass is 10.2. The van der Waals surface area contributed by atoms with Crippen LogP contribution < -0.4 is 16.2 Å². The number of nitrogens with one attached hydrogen (secondary N) is 1. The number of primary sulfonamides is 1. The molecule has 0 radical (unpaired) electrons. The standard InChI is InChI=1S/C10H14FN3O3S/c11-8-6-7(18(13,16)17)3-4-9(8)14-5-1-2-10(12)15/h3-4,6,14H,1-2,5H2,(H2,12,15)(H2,13,16,17). The van der Waals surface area contributed by atoms with Gasteiger partial charge in [-0.3, -0.25) is 4.79 Å². The van der Waals surface area contributed by atoms with Crippen molar-refractivity contribution < 1.29 is 17.6 Å². The minimum atomic E-state index is -3.91. The second kappa shape index (κ2) is 5.78. The Balaban J connectivity index is 2.66. The summed E-state index contributed by atoms with van der Waals surface area (Å²) in [7, 11) is -3.91. The van der Waals surface area contributed by atoms with Crippen LogP contribution in [0.3, 0.4) is 0 Å². The van der Waals surface area contributed by atoms with Gasteiger partial charge in [-0.15, -0.1) is 0 Å². The highest BCUT2D eigenvalue weighted by Crippen LogP contribution is 2.18. The maximum atomic E-state index is 13.5. The maximum Gasteiger partial charge on any atom is 0.238 e. The largest absolute Gasteiger partial charge is 0.383 e. The van der Waals surface area contributed by atoms with Crippen LogP contribution in [0.4, 0.5) is 10.1 Å². The van der Waals surface area contributed by atoms with Crippen molar-refractivity contribution in [3.8, 4) is 0 Å². The van der Waals surface area contributed by atoms with Gasteiger partial charge >= 0.3 is 0 Å². The van der Waals surface area contributed by atoms with Crippen LogP contribution in [-0.2, 0) is 14.8 Å². The molecule has 1 aromatic rings. The van der Waals surface area contributed by atoms with Gasteiger partial charge in [-0.25, -0.2) is 17.9 Å². The van der Waals surface area contributed by atoms with E-state index in [1.54, 1.807) is 0 Å². The van der Waals surface area contributed by atoms with Gasteiger partial charge in [0.15, 0.2) is 0 Å². The molecule has 8 heteroatoms. The van der Waals surface area contributed by atoms with Crippen molar-refractivity contribution >= 4 is 21.6 Å². The van der Waals surface area contributed by atoms with Crippen molar-refractivity contribution in [2.45, 2.75) is 17.7 Å². The number of carbonyl (C=O) groups is 1.